The number of ketones is 1. The molecule has 0 spiro atoms. The van der Waals surface area contributed by atoms with Gasteiger partial charge in [-0.3, -0.25) is 9.59 Å². The van der Waals surface area contributed by atoms with Crippen LogP contribution in [0.4, 0.5) is 0 Å². The van der Waals surface area contributed by atoms with Gasteiger partial charge < -0.3 is 9.84 Å². The zero-order valence-electron chi connectivity index (χ0n) is 17.4. The van der Waals surface area contributed by atoms with Crippen molar-refractivity contribution in [3.05, 3.63) is 59.7 Å². The van der Waals surface area contributed by atoms with Gasteiger partial charge in [-0.1, -0.05) is 58.3 Å². The van der Waals surface area contributed by atoms with E-state index in [2.05, 4.69) is 6.92 Å². The Labute approximate surface area is 173 Å². The molecule has 0 aliphatic carbocycles. The van der Waals surface area contributed by atoms with Crippen molar-refractivity contribution in [2.45, 2.75) is 71.1 Å². The molecule has 0 fully saturated rings. The summed E-state index contributed by atoms with van der Waals surface area (Å²) in [5.74, 6) is 0.201. The lowest BCUT2D eigenvalue weighted by Crippen LogP contribution is -2.08. The average molecular weight is 397 g/mol. The van der Waals surface area contributed by atoms with Crippen molar-refractivity contribution in [1.29, 1.82) is 0 Å². The van der Waals surface area contributed by atoms with Gasteiger partial charge in [0.1, 0.15) is 11.5 Å². The lowest BCUT2D eigenvalue weighted by molar-refractivity contribution is -0.134. The highest BCUT2D eigenvalue weighted by molar-refractivity contribution is 6.09. The van der Waals surface area contributed by atoms with Crippen LogP contribution >= 0.6 is 0 Å². The number of phenols is 1. The Balaban J connectivity index is 1.66. The van der Waals surface area contributed by atoms with Crippen LogP contribution in [0.5, 0.6) is 11.5 Å². The molecule has 29 heavy (non-hydrogen) atoms. The minimum absolute atomic E-state index is 0.121. The van der Waals surface area contributed by atoms with Gasteiger partial charge in [-0.25, -0.2) is 0 Å². The van der Waals surface area contributed by atoms with Gasteiger partial charge in [0.15, 0.2) is 5.78 Å². The fourth-order valence-electron chi connectivity index (χ4n) is 3.22. The predicted octanol–water partition coefficient (Wildman–Crippen LogP) is 6.45. The first-order valence-electron chi connectivity index (χ1n) is 10.7. The molecule has 0 amide bonds. The van der Waals surface area contributed by atoms with Crippen molar-refractivity contribution >= 4 is 11.8 Å². The summed E-state index contributed by atoms with van der Waals surface area (Å²) in [6, 6.07) is 12.7. The molecule has 0 radical (unpaired) electrons. The SMILES string of the molecule is CCCCCCCCCCCC(=O)Oc1ccc(C(=O)c2ccc(O)cc2)cc1. The van der Waals surface area contributed by atoms with Crippen LogP contribution in [0, 0.1) is 0 Å². The van der Waals surface area contributed by atoms with Crippen molar-refractivity contribution in [3.63, 3.8) is 0 Å². The van der Waals surface area contributed by atoms with Crippen LogP contribution in [0.2, 0.25) is 0 Å². The highest BCUT2D eigenvalue weighted by Crippen LogP contribution is 2.18. The second-order valence-corrected chi connectivity index (χ2v) is 7.45. The number of hydrogen-bond acceptors (Lipinski definition) is 4. The molecule has 2 aromatic carbocycles. The van der Waals surface area contributed by atoms with Gasteiger partial charge in [-0.2, -0.15) is 0 Å². The first-order valence-corrected chi connectivity index (χ1v) is 10.7. The van der Waals surface area contributed by atoms with Crippen LogP contribution in [0.3, 0.4) is 0 Å². The van der Waals surface area contributed by atoms with Gasteiger partial charge in [0.2, 0.25) is 0 Å². The summed E-state index contributed by atoms with van der Waals surface area (Å²) in [7, 11) is 0. The summed E-state index contributed by atoms with van der Waals surface area (Å²) in [6.07, 6.45) is 11.3. The average Bonchev–Trinajstić information content (AvgIpc) is 2.73. The summed E-state index contributed by atoms with van der Waals surface area (Å²) in [6.45, 7) is 2.23. The van der Waals surface area contributed by atoms with E-state index in [0.29, 0.717) is 23.3 Å². The van der Waals surface area contributed by atoms with Gasteiger partial charge in [0.25, 0.3) is 0 Å². The molecule has 156 valence electrons. The van der Waals surface area contributed by atoms with Crippen molar-refractivity contribution < 1.29 is 19.4 Å². The normalized spacial score (nSPS) is 10.7. The van der Waals surface area contributed by atoms with E-state index >= 15 is 0 Å². The van der Waals surface area contributed by atoms with E-state index in [9.17, 15) is 14.7 Å². The number of rotatable bonds is 13. The van der Waals surface area contributed by atoms with Crippen molar-refractivity contribution in [2.75, 3.05) is 0 Å². The van der Waals surface area contributed by atoms with Crippen LogP contribution < -0.4 is 4.74 Å². The fourth-order valence-corrected chi connectivity index (χ4v) is 3.22. The standard InChI is InChI=1S/C25H32O4/c1-2-3-4-5-6-7-8-9-10-11-24(27)29-23-18-14-21(15-19-23)25(28)20-12-16-22(26)17-13-20/h12-19,26H,2-11H2,1H3. The van der Waals surface area contributed by atoms with Gasteiger partial charge in [-0.05, 0) is 55.0 Å². The maximum atomic E-state index is 12.4. The van der Waals surface area contributed by atoms with Crippen LogP contribution in [0.25, 0.3) is 0 Å². The minimum atomic E-state index is -0.231. The Morgan fingerprint density at radius 1 is 0.724 bits per heavy atom. The minimum Gasteiger partial charge on any atom is -0.508 e. The smallest absolute Gasteiger partial charge is 0.311 e. The molecule has 0 unspecified atom stereocenters. The summed E-state index contributed by atoms with van der Waals surface area (Å²) in [5, 5.41) is 9.31. The van der Waals surface area contributed by atoms with Crippen LogP contribution in [0.1, 0.15) is 87.1 Å². The van der Waals surface area contributed by atoms with Gasteiger partial charge in [0.05, 0.1) is 0 Å². The van der Waals surface area contributed by atoms with Crippen LogP contribution in [-0.4, -0.2) is 16.9 Å². The van der Waals surface area contributed by atoms with E-state index in [1.165, 1.54) is 57.1 Å². The summed E-state index contributed by atoms with van der Waals surface area (Å²) in [5.41, 5.74) is 1.01. The third-order valence-electron chi connectivity index (χ3n) is 4.96. The summed E-state index contributed by atoms with van der Waals surface area (Å²) >= 11 is 0. The van der Waals surface area contributed by atoms with Crippen molar-refractivity contribution in [1.82, 2.24) is 0 Å². The highest BCUT2D eigenvalue weighted by atomic mass is 16.5. The van der Waals surface area contributed by atoms with E-state index in [-0.39, 0.29) is 17.5 Å². The summed E-state index contributed by atoms with van der Waals surface area (Å²) < 4.78 is 5.36. The van der Waals surface area contributed by atoms with Gasteiger partial charge >= 0.3 is 5.97 Å². The monoisotopic (exact) mass is 396 g/mol. The maximum Gasteiger partial charge on any atom is 0.311 e. The van der Waals surface area contributed by atoms with E-state index < -0.39 is 0 Å². The van der Waals surface area contributed by atoms with Gasteiger partial charge in [-0.15, -0.1) is 0 Å². The number of unbranched alkanes of at least 4 members (excludes halogenated alkanes) is 8. The molecule has 0 aliphatic rings. The maximum absolute atomic E-state index is 12.4. The Kier molecular flexibility index (Phi) is 9.98. The number of aromatic hydroxyl groups is 1. The number of esters is 1. The molecule has 0 bridgehead atoms. The molecule has 4 nitrogen and oxygen atoms in total. The van der Waals surface area contributed by atoms with Crippen molar-refractivity contribution in [2.24, 2.45) is 0 Å². The fraction of sp³-hybridized carbons (Fsp3) is 0.440. The topological polar surface area (TPSA) is 63.6 Å². The molecular formula is C25H32O4. The Hall–Kier alpha value is -2.62. The molecule has 2 aromatic rings. The molecule has 0 saturated heterocycles. The van der Waals surface area contributed by atoms with E-state index in [4.69, 9.17) is 4.74 Å². The quantitative estimate of drug-likeness (QED) is 0.183. The zero-order chi connectivity index (χ0) is 20.9. The second-order valence-electron chi connectivity index (χ2n) is 7.45. The van der Waals surface area contributed by atoms with E-state index in [0.717, 1.165) is 12.8 Å². The Morgan fingerprint density at radius 2 is 1.21 bits per heavy atom. The molecule has 0 heterocycles. The number of phenolic OH excluding ortho intramolecular Hbond substituents is 1. The molecule has 0 atom stereocenters. The first kappa shape index (κ1) is 22.7. The summed E-state index contributed by atoms with van der Waals surface area (Å²) in [4.78, 5) is 24.4. The predicted molar refractivity (Wildman–Crippen MR) is 115 cm³/mol. The van der Waals surface area contributed by atoms with Crippen LogP contribution in [-0.2, 0) is 4.79 Å². The number of benzene rings is 2. The molecular weight excluding hydrogens is 364 g/mol. The highest BCUT2D eigenvalue weighted by Gasteiger charge is 2.10. The number of carbonyl (C=O) groups is 2. The van der Waals surface area contributed by atoms with Gasteiger partial charge in [0, 0.05) is 17.5 Å². The Bertz CT molecular complexity index is 747. The number of hydrogen-bond donors (Lipinski definition) is 1. The molecule has 4 heteroatoms. The molecule has 0 aromatic heterocycles. The molecule has 1 N–H and O–H groups in total. The lowest BCUT2D eigenvalue weighted by atomic mass is 10.0. The first-order chi connectivity index (χ1) is 14.1. The lowest BCUT2D eigenvalue weighted by Gasteiger charge is -2.06. The van der Waals surface area contributed by atoms with E-state index in [1.54, 1.807) is 36.4 Å². The number of ether oxygens (including phenoxy) is 1. The third kappa shape index (κ3) is 8.51. The zero-order valence-corrected chi connectivity index (χ0v) is 17.4. The molecule has 0 saturated carbocycles. The van der Waals surface area contributed by atoms with Crippen molar-refractivity contribution in [3.8, 4) is 11.5 Å². The number of carbonyl (C=O) groups excluding carboxylic acids is 2. The van der Waals surface area contributed by atoms with E-state index in [1.807, 2.05) is 0 Å². The second kappa shape index (κ2) is 12.8. The molecule has 0 aliphatic heterocycles. The third-order valence-corrected chi connectivity index (χ3v) is 4.96. The van der Waals surface area contributed by atoms with Crippen LogP contribution in [0.15, 0.2) is 48.5 Å². The Morgan fingerprint density at radius 3 is 1.76 bits per heavy atom. The molecule has 2 rings (SSSR count). The largest absolute Gasteiger partial charge is 0.508 e.